The molecule has 1 amide bonds. The van der Waals surface area contributed by atoms with E-state index in [1.807, 2.05) is 19.1 Å². The number of para-hydroxylation sites is 1. The molecule has 1 aliphatic heterocycles. The van der Waals surface area contributed by atoms with Crippen molar-refractivity contribution >= 4 is 27.3 Å². The Bertz CT molecular complexity index is 1220. The van der Waals surface area contributed by atoms with E-state index in [0.717, 1.165) is 28.5 Å². The number of nitrogens with one attached hydrogen (secondary N) is 1. The number of hydrogen-bond acceptors (Lipinski definition) is 4. The van der Waals surface area contributed by atoms with Crippen molar-refractivity contribution in [1.29, 1.82) is 0 Å². The van der Waals surface area contributed by atoms with Crippen LogP contribution in [0.3, 0.4) is 0 Å². The lowest BCUT2D eigenvalue weighted by atomic mass is 10.1. The highest BCUT2D eigenvalue weighted by Gasteiger charge is 2.25. The van der Waals surface area contributed by atoms with Gasteiger partial charge in [-0.25, -0.2) is 8.42 Å². The van der Waals surface area contributed by atoms with Crippen molar-refractivity contribution in [3.63, 3.8) is 0 Å². The summed E-state index contributed by atoms with van der Waals surface area (Å²) in [5, 5.41) is 2.92. The number of sulfonamides is 1. The normalized spacial score (nSPS) is 13.7. The average molecular weight is 464 g/mol. The molecule has 0 spiro atoms. The average Bonchev–Trinajstić information content (AvgIpc) is 3.38. The highest BCUT2D eigenvalue weighted by atomic mass is 32.2. The van der Waals surface area contributed by atoms with Gasteiger partial charge in [-0.15, -0.1) is 0 Å². The van der Waals surface area contributed by atoms with Crippen molar-refractivity contribution in [2.75, 3.05) is 29.3 Å². The summed E-state index contributed by atoms with van der Waals surface area (Å²) in [7, 11) is -2.33. The van der Waals surface area contributed by atoms with Gasteiger partial charge in [-0.3, -0.25) is 9.10 Å². The van der Waals surface area contributed by atoms with Crippen LogP contribution in [0, 0.1) is 6.92 Å². The van der Waals surface area contributed by atoms with Gasteiger partial charge in [-0.2, -0.15) is 0 Å². The lowest BCUT2D eigenvalue weighted by molar-refractivity contribution is 0.0951. The molecular weight excluding hydrogens is 434 g/mol. The molecule has 1 saturated heterocycles. The Morgan fingerprint density at radius 3 is 2.24 bits per heavy atom. The number of nitrogens with zero attached hydrogens (tertiary/aromatic N) is 2. The van der Waals surface area contributed by atoms with Gasteiger partial charge in [0.15, 0.2) is 0 Å². The standard InChI is InChI=1S/C26H29N3O3S/c1-20-9-15-23(16-10-20)33(31,32)28(2)25-8-4-3-7-24(25)26(30)27-19-21-11-13-22(14-12-21)29-17-5-6-18-29/h3-4,7-16H,5-6,17-19H2,1-2H3,(H,27,30). The van der Waals surface area contributed by atoms with E-state index in [9.17, 15) is 13.2 Å². The molecule has 6 nitrogen and oxygen atoms in total. The lowest BCUT2D eigenvalue weighted by Gasteiger charge is -2.22. The van der Waals surface area contributed by atoms with Gasteiger partial charge >= 0.3 is 0 Å². The Morgan fingerprint density at radius 1 is 0.939 bits per heavy atom. The number of anilines is 2. The van der Waals surface area contributed by atoms with Crippen LogP contribution in [0.5, 0.6) is 0 Å². The summed E-state index contributed by atoms with van der Waals surface area (Å²) in [6, 6.07) is 21.6. The molecule has 1 heterocycles. The first kappa shape index (κ1) is 22.9. The zero-order valence-electron chi connectivity index (χ0n) is 19.0. The van der Waals surface area contributed by atoms with Crippen LogP contribution in [0.2, 0.25) is 0 Å². The van der Waals surface area contributed by atoms with Gasteiger partial charge in [0.1, 0.15) is 0 Å². The fourth-order valence-electron chi connectivity index (χ4n) is 4.02. The fraction of sp³-hybridized carbons (Fsp3) is 0.269. The van der Waals surface area contributed by atoms with E-state index < -0.39 is 10.0 Å². The first-order chi connectivity index (χ1) is 15.9. The van der Waals surface area contributed by atoms with Crippen molar-refractivity contribution in [2.24, 2.45) is 0 Å². The predicted octanol–water partition coefficient (Wildman–Crippen LogP) is 4.35. The minimum atomic E-state index is -3.80. The maximum Gasteiger partial charge on any atom is 0.264 e. The van der Waals surface area contributed by atoms with Crippen LogP contribution in [-0.4, -0.2) is 34.5 Å². The van der Waals surface area contributed by atoms with Crippen LogP contribution in [0.1, 0.15) is 34.3 Å². The summed E-state index contributed by atoms with van der Waals surface area (Å²) in [4.78, 5) is 15.5. The number of benzene rings is 3. The minimum absolute atomic E-state index is 0.184. The van der Waals surface area contributed by atoms with Crippen molar-refractivity contribution in [2.45, 2.75) is 31.2 Å². The molecule has 0 atom stereocenters. The number of hydrogen-bond donors (Lipinski definition) is 1. The third-order valence-electron chi connectivity index (χ3n) is 6.03. The number of aryl methyl sites for hydroxylation is 1. The van der Waals surface area contributed by atoms with Crippen molar-refractivity contribution < 1.29 is 13.2 Å². The molecule has 33 heavy (non-hydrogen) atoms. The molecule has 3 aromatic carbocycles. The number of carbonyl (C=O) groups is 1. The molecular formula is C26H29N3O3S. The van der Waals surface area contributed by atoms with Crippen molar-refractivity contribution in [1.82, 2.24) is 5.32 Å². The van der Waals surface area contributed by atoms with Crippen LogP contribution >= 0.6 is 0 Å². The topological polar surface area (TPSA) is 69.7 Å². The monoisotopic (exact) mass is 463 g/mol. The van der Waals surface area contributed by atoms with Crippen LogP contribution in [0.15, 0.2) is 77.7 Å². The van der Waals surface area contributed by atoms with Gasteiger partial charge < -0.3 is 10.2 Å². The molecule has 0 unspecified atom stereocenters. The van der Waals surface area contributed by atoms with E-state index in [1.165, 1.54) is 25.6 Å². The van der Waals surface area contributed by atoms with E-state index in [-0.39, 0.29) is 10.8 Å². The predicted molar refractivity (Wildman–Crippen MR) is 132 cm³/mol. The molecule has 0 aromatic heterocycles. The van der Waals surface area contributed by atoms with E-state index in [2.05, 4.69) is 22.3 Å². The summed E-state index contributed by atoms with van der Waals surface area (Å²) >= 11 is 0. The number of amides is 1. The number of carbonyl (C=O) groups excluding carboxylic acids is 1. The first-order valence-electron chi connectivity index (χ1n) is 11.1. The van der Waals surface area contributed by atoms with Gasteiger partial charge in [0.25, 0.3) is 15.9 Å². The fourth-order valence-corrected chi connectivity index (χ4v) is 5.23. The summed E-state index contributed by atoms with van der Waals surface area (Å²) in [6.07, 6.45) is 2.45. The van der Waals surface area contributed by atoms with Crippen LogP contribution in [0.25, 0.3) is 0 Å². The zero-order chi connectivity index (χ0) is 23.4. The highest BCUT2D eigenvalue weighted by Crippen LogP contribution is 2.26. The second-order valence-electron chi connectivity index (χ2n) is 8.35. The zero-order valence-corrected chi connectivity index (χ0v) is 19.8. The third-order valence-corrected chi connectivity index (χ3v) is 7.81. The minimum Gasteiger partial charge on any atom is -0.372 e. The molecule has 0 aliphatic carbocycles. The quantitative estimate of drug-likeness (QED) is 0.566. The molecule has 1 fully saturated rings. The van der Waals surface area contributed by atoms with Crippen molar-refractivity contribution in [3.05, 3.63) is 89.5 Å². The molecule has 1 N–H and O–H groups in total. The number of rotatable bonds is 7. The summed E-state index contributed by atoms with van der Waals surface area (Å²) in [5.41, 5.74) is 3.81. The highest BCUT2D eigenvalue weighted by molar-refractivity contribution is 7.92. The smallest absolute Gasteiger partial charge is 0.264 e. The molecule has 3 aromatic rings. The van der Waals surface area contributed by atoms with Crippen LogP contribution in [-0.2, 0) is 16.6 Å². The largest absolute Gasteiger partial charge is 0.372 e. The van der Waals surface area contributed by atoms with Gasteiger partial charge in [0.05, 0.1) is 16.1 Å². The summed E-state index contributed by atoms with van der Waals surface area (Å²) in [5.74, 6) is -0.319. The van der Waals surface area contributed by atoms with Gasteiger partial charge in [-0.1, -0.05) is 42.0 Å². The SMILES string of the molecule is Cc1ccc(S(=O)(=O)N(C)c2ccccc2C(=O)NCc2ccc(N3CCCC3)cc2)cc1. The maximum atomic E-state index is 13.1. The van der Waals surface area contributed by atoms with Crippen LogP contribution in [0.4, 0.5) is 11.4 Å². The Kier molecular flexibility index (Phi) is 6.70. The Labute approximate surface area is 195 Å². The van der Waals surface area contributed by atoms with E-state index in [1.54, 1.807) is 48.5 Å². The van der Waals surface area contributed by atoms with Gasteiger partial charge in [-0.05, 0) is 61.7 Å². The van der Waals surface area contributed by atoms with E-state index >= 15 is 0 Å². The molecule has 0 radical (unpaired) electrons. The van der Waals surface area contributed by atoms with E-state index in [0.29, 0.717) is 17.8 Å². The Balaban J connectivity index is 1.48. The molecule has 172 valence electrons. The second-order valence-corrected chi connectivity index (χ2v) is 10.3. The molecule has 0 bridgehead atoms. The summed E-state index contributed by atoms with van der Waals surface area (Å²) < 4.78 is 27.4. The third kappa shape index (κ3) is 5.03. The maximum absolute atomic E-state index is 13.1. The summed E-state index contributed by atoms with van der Waals surface area (Å²) in [6.45, 7) is 4.44. The lowest BCUT2D eigenvalue weighted by Crippen LogP contribution is -2.30. The first-order valence-corrected chi connectivity index (χ1v) is 12.6. The van der Waals surface area contributed by atoms with Crippen LogP contribution < -0.4 is 14.5 Å². The van der Waals surface area contributed by atoms with Crippen molar-refractivity contribution in [3.8, 4) is 0 Å². The Hall–Kier alpha value is -3.32. The van der Waals surface area contributed by atoms with E-state index in [4.69, 9.17) is 0 Å². The molecule has 7 heteroatoms. The van der Waals surface area contributed by atoms with Gasteiger partial charge in [0.2, 0.25) is 0 Å². The second kappa shape index (κ2) is 9.67. The molecule has 1 aliphatic rings. The molecule has 0 saturated carbocycles. The Morgan fingerprint density at radius 2 is 1.58 bits per heavy atom. The van der Waals surface area contributed by atoms with Gasteiger partial charge in [0, 0.05) is 32.4 Å². The molecule has 4 rings (SSSR count).